The highest BCUT2D eigenvalue weighted by atomic mass is 32.1. The second-order valence-corrected chi connectivity index (χ2v) is 5.10. The van der Waals surface area contributed by atoms with Crippen molar-refractivity contribution in [3.8, 4) is 0 Å². The van der Waals surface area contributed by atoms with Crippen molar-refractivity contribution in [3.63, 3.8) is 0 Å². The molecule has 0 aliphatic heterocycles. The van der Waals surface area contributed by atoms with Gasteiger partial charge in [0.1, 0.15) is 4.88 Å². The molecule has 1 amide bonds. The van der Waals surface area contributed by atoms with Gasteiger partial charge in [-0.1, -0.05) is 6.92 Å². The molecule has 0 radical (unpaired) electrons. The highest BCUT2D eigenvalue weighted by Crippen LogP contribution is 2.19. The lowest BCUT2D eigenvalue weighted by Crippen LogP contribution is -2.41. The molecule has 18 heavy (non-hydrogen) atoms. The SMILES string of the molecule is CCCc1nc(C)c(C(=O)NCC(F)(F)CN)s1. The van der Waals surface area contributed by atoms with Crippen LogP contribution in [0, 0.1) is 6.92 Å². The van der Waals surface area contributed by atoms with Crippen LogP contribution >= 0.6 is 11.3 Å². The number of nitrogens with one attached hydrogen (secondary N) is 1. The van der Waals surface area contributed by atoms with Crippen LogP contribution in [0.3, 0.4) is 0 Å². The first-order chi connectivity index (χ1) is 8.39. The molecule has 0 spiro atoms. The molecule has 4 nitrogen and oxygen atoms in total. The van der Waals surface area contributed by atoms with Gasteiger partial charge in [0, 0.05) is 0 Å². The summed E-state index contributed by atoms with van der Waals surface area (Å²) in [5, 5.41) is 3.04. The van der Waals surface area contributed by atoms with Crippen molar-refractivity contribution in [1.29, 1.82) is 0 Å². The maximum absolute atomic E-state index is 12.9. The maximum atomic E-state index is 12.9. The molecule has 1 aromatic heterocycles. The average Bonchev–Trinajstić information content (AvgIpc) is 2.68. The van der Waals surface area contributed by atoms with Crippen molar-refractivity contribution in [3.05, 3.63) is 15.6 Å². The number of nitrogens with two attached hydrogens (primary N) is 1. The molecule has 0 unspecified atom stereocenters. The van der Waals surface area contributed by atoms with E-state index in [-0.39, 0.29) is 0 Å². The lowest BCUT2D eigenvalue weighted by Gasteiger charge is -2.13. The molecule has 1 rings (SSSR count). The van der Waals surface area contributed by atoms with Crippen molar-refractivity contribution in [2.24, 2.45) is 5.73 Å². The Hall–Kier alpha value is -1.08. The summed E-state index contributed by atoms with van der Waals surface area (Å²) in [5.41, 5.74) is 5.47. The summed E-state index contributed by atoms with van der Waals surface area (Å²) in [6.07, 6.45) is 1.72. The van der Waals surface area contributed by atoms with Crippen molar-refractivity contribution in [2.45, 2.75) is 32.6 Å². The number of thiazole rings is 1. The van der Waals surface area contributed by atoms with E-state index >= 15 is 0 Å². The highest BCUT2D eigenvalue weighted by Gasteiger charge is 2.28. The zero-order valence-corrected chi connectivity index (χ0v) is 11.2. The van der Waals surface area contributed by atoms with E-state index in [1.54, 1.807) is 6.92 Å². The maximum Gasteiger partial charge on any atom is 0.277 e. The second kappa shape index (κ2) is 6.19. The third kappa shape index (κ3) is 3.99. The van der Waals surface area contributed by atoms with Crippen molar-refractivity contribution in [1.82, 2.24) is 10.3 Å². The van der Waals surface area contributed by atoms with E-state index < -0.39 is 24.9 Å². The molecule has 7 heteroatoms. The molecule has 102 valence electrons. The Bertz CT molecular complexity index is 420. The van der Waals surface area contributed by atoms with Gasteiger partial charge < -0.3 is 11.1 Å². The molecule has 0 fully saturated rings. The third-order valence-corrected chi connectivity index (χ3v) is 3.53. The van der Waals surface area contributed by atoms with Gasteiger partial charge >= 0.3 is 0 Å². The number of rotatable bonds is 6. The molecule has 1 aromatic rings. The number of carbonyl (C=O) groups excluding carboxylic acids is 1. The molecule has 0 aliphatic rings. The van der Waals surface area contributed by atoms with Crippen LogP contribution in [0.25, 0.3) is 0 Å². The average molecular weight is 277 g/mol. The summed E-state index contributed by atoms with van der Waals surface area (Å²) in [7, 11) is 0. The molecule has 0 bridgehead atoms. The van der Waals surface area contributed by atoms with Crippen molar-refractivity contribution in [2.75, 3.05) is 13.1 Å². The Morgan fingerprint density at radius 2 is 2.22 bits per heavy atom. The van der Waals surface area contributed by atoms with E-state index in [2.05, 4.69) is 10.3 Å². The Morgan fingerprint density at radius 1 is 1.56 bits per heavy atom. The lowest BCUT2D eigenvalue weighted by atomic mass is 10.3. The number of hydrogen-bond donors (Lipinski definition) is 2. The van der Waals surface area contributed by atoms with E-state index in [9.17, 15) is 13.6 Å². The van der Waals surface area contributed by atoms with Crippen LogP contribution in [-0.2, 0) is 6.42 Å². The second-order valence-electron chi connectivity index (χ2n) is 4.01. The largest absolute Gasteiger partial charge is 0.345 e. The summed E-state index contributed by atoms with van der Waals surface area (Å²) >= 11 is 1.25. The Kier molecular flexibility index (Phi) is 5.15. The van der Waals surface area contributed by atoms with E-state index in [0.29, 0.717) is 10.6 Å². The van der Waals surface area contributed by atoms with E-state index in [1.165, 1.54) is 11.3 Å². The minimum Gasteiger partial charge on any atom is -0.345 e. The highest BCUT2D eigenvalue weighted by molar-refractivity contribution is 7.13. The van der Waals surface area contributed by atoms with Gasteiger partial charge in [-0.3, -0.25) is 4.79 Å². The molecule has 3 N–H and O–H groups in total. The molecule has 1 heterocycles. The first-order valence-corrected chi connectivity index (χ1v) is 6.53. The quantitative estimate of drug-likeness (QED) is 0.832. The molecule has 0 saturated heterocycles. The Morgan fingerprint density at radius 3 is 2.78 bits per heavy atom. The monoisotopic (exact) mass is 277 g/mol. The van der Waals surface area contributed by atoms with Gasteiger partial charge in [0.2, 0.25) is 0 Å². The summed E-state index contributed by atoms with van der Waals surface area (Å²) < 4.78 is 25.8. The molecule has 0 saturated carbocycles. The van der Waals surface area contributed by atoms with Gasteiger partial charge in [-0.2, -0.15) is 0 Å². The normalized spacial score (nSPS) is 11.6. The van der Waals surface area contributed by atoms with Crippen LogP contribution in [0.4, 0.5) is 8.78 Å². The van der Waals surface area contributed by atoms with Gasteiger partial charge in [-0.25, -0.2) is 13.8 Å². The van der Waals surface area contributed by atoms with Gasteiger partial charge in [0.15, 0.2) is 0 Å². The molecule has 0 aromatic carbocycles. The van der Waals surface area contributed by atoms with Gasteiger partial charge in [-0.15, -0.1) is 11.3 Å². The zero-order chi connectivity index (χ0) is 13.8. The summed E-state index contributed by atoms with van der Waals surface area (Å²) in [6.45, 7) is 2.18. The van der Waals surface area contributed by atoms with Crippen LogP contribution in [0.5, 0.6) is 0 Å². The molecule has 0 aliphatic carbocycles. The standard InChI is InChI=1S/C11H17F2N3OS/c1-3-4-8-16-7(2)9(18-8)10(17)15-6-11(12,13)5-14/h3-6,14H2,1-2H3,(H,15,17). The Labute approximate surface area is 109 Å². The number of hydrogen-bond acceptors (Lipinski definition) is 4. The van der Waals surface area contributed by atoms with Crippen LogP contribution in [0.1, 0.15) is 33.7 Å². The summed E-state index contributed by atoms with van der Waals surface area (Å²) in [4.78, 5) is 16.4. The van der Waals surface area contributed by atoms with E-state index in [0.717, 1.165) is 17.8 Å². The number of halogens is 2. The summed E-state index contributed by atoms with van der Waals surface area (Å²) in [5.74, 6) is -3.58. The van der Waals surface area contributed by atoms with E-state index in [4.69, 9.17) is 5.73 Å². The number of carbonyl (C=O) groups is 1. The van der Waals surface area contributed by atoms with Crippen molar-refractivity contribution < 1.29 is 13.6 Å². The summed E-state index contributed by atoms with van der Waals surface area (Å²) in [6, 6.07) is 0. The number of aryl methyl sites for hydroxylation is 2. The smallest absolute Gasteiger partial charge is 0.277 e. The number of nitrogens with zero attached hydrogens (tertiary/aromatic N) is 1. The van der Waals surface area contributed by atoms with Crippen LogP contribution in [0.2, 0.25) is 0 Å². The number of amides is 1. The molecular weight excluding hydrogens is 260 g/mol. The minimum atomic E-state index is -3.07. The predicted octanol–water partition coefficient (Wildman–Crippen LogP) is 1.73. The fourth-order valence-electron chi connectivity index (χ4n) is 1.35. The molecular formula is C11H17F2N3OS. The topological polar surface area (TPSA) is 68.0 Å². The fourth-order valence-corrected chi connectivity index (χ4v) is 2.43. The Balaban J connectivity index is 2.67. The molecule has 0 atom stereocenters. The van der Waals surface area contributed by atoms with Gasteiger partial charge in [0.05, 0.1) is 23.8 Å². The van der Waals surface area contributed by atoms with Gasteiger partial charge in [-0.05, 0) is 19.8 Å². The lowest BCUT2D eigenvalue weighted by molar-refractivity contribution is 0.0119. The predicted molar refractivity (Wildman–Crippen MR) is 67.2 cm³/mol. The van der Waals surface area contributed by atoms with E-state index in [1.807, 2.05) is 6.92 Å². The van der Waals surface area contributed by atoms with Crippen LogP contribution < -0.4 is 11.1 Å². The number of aromatic nitrogens is 1. The minimum absolute atomic E-state index is 0.395. The van der Waals surface area contributed by atoms with Gasteiger partial charge in [0.25, 0.3) is 11.8 Å². The van der Waals surface area contributed by atoms with Crippen molar-refractivity contribution >= 4 is 17.2 Å². The fraction of sp³-hybridized carbons (Fsp3) is 0.636. The number of alkyl halides is 2. The third-order valence-electron chi connectivity index (χ3n) is 2.32. The van der Waals surface area contributed by atoms with Crippen LogP contribution in [0.15, 0.2) is 0 Å². The first kappa shape index (κ1) is 15.0. The van der Waals surface area contributed by atoms with Crippen LogP contribution in [-0.4, -0.2) is 29.9 Å². The zero-order valence-electron chi connectivity index (χ0n) is 10.4. The first-order valence-electron chi connectivity index (χ1n) is 5.72.